The summed E-state index contributed by atoms with van der Waals surface area (Å²) in [5.74, 6) is 0. The largest absolute Gasteiger partial charge is 0.279 e. The molecule has 3 aromatic carbocycles. The lowest BCUT2D eigenvalue weighted by molar-refractivity contribution is 0.601. The van der Waals surface area contributed by atoms with Crippen LogP contribution in [0.3, 0.4) is 0 Å². The quantitative estimate of drug-likeness (QED) is 0.795. The number of hydrogen-bond acceptors (Lipinski definition) is 2. The first-order valence-electron chi connectivity index (χ1n) is 6.64. The van der Waals surface area contributed by atoms with E-state index >= 15 is 0 Å². The van der Waals surface area contributed by atoms with Crippen molar-refractivity contribution in [3.8, 4) is 0 Å². The molecule has 0 heterocycles. The molecular formula is C17H15NO2S. The van der Waals surface area contributed by atoms with Crippen molar-refractivity contribution in [2.45, 2.75) is 11.8 Å². The number of fused-ring (bicyclic) bond motifs is 1. The minimum Gasteiger partial charge on any atom is -0.279 e. The van der Waals surface area contributed by atoms with Crippen LogP contribution < -0.4 is 4.72 Å². The van der Waals surface area contributed by atoms with Gasteiger partial charge in [0.15, 0.2) is 0 Å². The third-order valence-corrected chi connectivity index (χ3v) is 4.79. The third-order valence-electron chi connectivity index (χ3n) is 3.43. The molecule has 4 heteroatoms. The van der Waals surface area contributed by atoms with E-state index in [0.29, 0.717) is 5.69 Å². The van der Waals surface area contributed by atoms with Crippen LogP contribution in [0.5, 0.6) is 0 Å². The van der Waals surface area contributed by atoms with Crippen LogP contribution in [0.1, 0.15) is 5.56 Å². The Morgan fingerprint density at radius 3 is 2.24 bits per heavy atom. The normalized spacial score (nSPS) is 11.5. The maximum Gasteiger partial charge on any atom is 0.261 e. The van der Waals surface area contributed by atoms with Gasteiger partial charge in [0.2, 0.25) is 0 Å². The fraction of sp³-hybridized carbons (Fsp3) is 0.0588. The highest BCUT2D eigenvalue weighted by Gasteiger charge is 2.16. The molecule has 0 spiro atoms. The lowest BCUT2D eigenvalue weighted by atomic mass is 10.1. The van der Waals surface area contributed by atoms with E-state index in [2.05, 4.69) is 4.72 Å². The molecule has 0 bridgehead atoms. The van der Waals surface area contributed by atoms with Crippen LogP contribution in [0.4, 0.5) is 5.69 Å². The number of rotatable bonds is 3. The van der Waals surface area contributed by atoms with Crippen LogP contribution in [0.2, 0.25) is 0 Å². The monoisotopic (exact) mass is 297 g/mol. The first kappa shape index (κ1) is 13.6. The minimum atomic E-state index is -3.58. The Labute approximate surface area is 124 Å². The summed E-state index contributed by atoms with van der Waals surface area (Å²) in [5, 5.41) is 1.91. The summed E-state index contributed by atoms with van der Waals surface area (Å²) < 4.78 is 27.7. The SMILES string of the molecule is Cc1ccc2ccccc2c1NS(=O)(=O)c1ccccc1. The number of aryl methyl sites for hydroxylation is 1. The molecule has 0 saturated carbocycles. The van der Waals surface area contributed by atoms with Crippen molar-refractivity contribution in [2.24, 2.45) is 0 Å². The van der Waals surface area contributed by atoms with Crippen molar-refractivity contribution in [1.29, 1.82) is 0 Å². The van der Waals surface area contributed by atoms with E-state index in [1.54, 1.807) is 30.3 Å². The fourth-order valence-corrected chi connectivity index (χ4v) is 3.48. The maximum atomic E-state index is 12.5. The highest BCUT2D eigenvalue weighted by atomic mass is 32.2. The van der Waals surface area contributed by atoms with Crippen molar-refractivity contribution in [3.05, 3.63) is 72.3 Å². The summed E-state index contributed by atoms with van der Waals surface area (Å²) in [5.41, 5.74) is 1.53. The summed E-state index contributed by atoms with van der Waals surface area (Å²) in [4.78, 5) is 0.261. The van der Waals surface area contributed by atoms with Crippen molar-refractivity contribution < 1.29 is 8.42 Å². The lowest BCUT2D eigenvalue weighted by Crippen LogP contribution is -2.13. The van der Waals surface area contributed by atoms with E-state index in [-0.39, 0.29) is 4.90 Å². The molecule has 0 aliphatic heterocycles. The fourth-order valence-electron chi connectivity index (χ4n) is 2.31. The number of anilines is 1. The molecule has 0 unspecified atom stereocenters. The van der Waals surface area contributed by atoms with Crippen LogP contribution in [0.25, 0.3) is 10.8 Å². The zero-order chi connectivity index (χ0) is 14.9. The zero-order valence-electron chi connectivity index (χ0n) is 11.6. The lowest BCUT2D eigenvalue weighted by Gasteiger charge is -2.13. The Hall–Kier alpha value is -2.33. The number of benzene rings is 3. The summed E-state index contributed by atoms with van der Waals surface area (Å²) in [6.07, 6.45) is 0. The second-order valence-electron chi connectivity index (χ2n) is 4.90. The Bertz CT molecular complexity index is 887. The van der Waals surface area contributed by atoms with Gasteiger partial charge in [-0.3, -0.25) is 4.72 Å². The first-order valence-corrected chi connectivity index (χ1v) is 8.12. The number of hydrogen-bond donors (Lipinski definition) is 1. The smallest absolute Gasteiger partial charge is 0.261 e. The van der Waals surface area contributed by atoms with Crippen molar-refractivity contribution in [3.63, 3.8) is 0 Å². The summed E-state index contributed by atoms with van der Waals surface area (Å²) in [6.45, 7) is 1.90. The van der Waals surface area contributed by atoms with Crippen LogP contribution >= 0.6 is 0 Å². The van der Waals surface area contributed by atoms with E-state index in [1.807, 2.05) is 43.3 Å². The molecule has 0 amide bonds. The van der Waals surface area contributed by atoms with E-state index in [9.17, 15) is 8.42 Å². The maximum absolute atomic E-state index is 12.5. The van der Waals surface area contributed by atoms with Gasteiger partial charge in [-0.1, -0.05) is 54.6 Å². The van der Waals surface area contributed by atoms with Crippen molar-refractivity contribution >= 4 is 26.5 Å². The second kappa shape index (κ2) is 5.22. The zero-order valence-corrected chi connectivity index (χ0v) is 12.4. The molecule has 3 rings (SSSR count). The molecule has 3 nitrogen and oxygen atoms in total. The molecule has 0 atom stereocenters. The molecule has 0 aromatic heterocycles. The Morgan fingerprint density at radius 1 is 0.810 bits per heavy atom. The average Bonchev–Trinajstić information content (AvgIpc) is 2.51. The summed E-state index contributed by atoms with van der Waals surface area (Å²) >= 11 is 0. The van der Waals surface area contributed by atoms with Gasteiger partial charge in [0.25, 0.3) is 10.0 Å². The molecule has 0 saturated heterocycles. The highest BCUT2D eigenvalue weighted by molar-refractivity contribution is 7.92. The predicted octanol–water partition coefficient (Wildman–Crippen LogP) is 3.95. The van der Waals surface area contributed by atoms with Crippen molar-refractivity contribution in [2.75, 3.05) is 4.72 Å². The highest BCUT2D eigenvalue weighted by Crippen LogP contribution is 2.29. The van der Waals surface area contributed by atoms with Crippen LogP contribution in [0, 0.1) is 6.92 Å². The Morgan fingerprint density at radius 2 is 1.48 bits per heavy atom. The Balaban J connectivity index is 2.12. The minimum absolute atomic E-state index is 0.261. The van der Waals surface area contributed by atoms with E-state index in [0.717, 1.165) is 16.3 Å². The third kappa shape index (κ3) is 2.62. The van der Waals surface area contributed by atoms with Gasteiger partial charge in [-0.2, -0.15) is 0 Å². The molecule has 0 aliphatic rings. The molecule has 106 valence electrons. The van der Waals surface area contributed by atoms with Gasteiger partial charge >= 0.3 is 0 Å². The van der Waals surface area contributed by atoms with Gasteiger partial charge in [0.1, 0.15) is 0 Å². The van der Waals surface area contributed by atoms with Gasteiger partial charge in [-0.25, -0.2) is 8.42 Å². The molecule has 0 fully saturated rings. The number of sulfonamides is 1. The molecule has 0 radical (unpaired) electrons. The van der Waals surface area contributed by atoms with Crippen LogP contribution in [0.15, 0.2) is 71.6 Å². The van der Waals surface area contributed by atoms with E-state index < -0.39 is 10.0 Å². The predicted molar refractivity (Wildman–Crippen MR) is 85.9 cm³/mol. The topological polar surface area (TPSA) is 46.2 Å². The molecular weight excluding hydrogens is 282 g/mol. The Kier molecular flexibility index (Phi) is 3.39. The standard InChI is InChI=1S/C17H15NO2S/c1-13-11-12-14-7-5-6-10-16(14)17(13)18-21(19,20)15-8-3-2-4-9-15/h2-12,18H,1H3. The molecule has 0 aliphatic carbocycles. The van der Waals surface area contributed by atoms with Crippen molar-refractivity contribution in [1.82, 2.24) is 0 Å². The average molecular weight is 297 g/mol. The van der Waals surface area contributed by atoms with Crippen LogP contribution in [-0.2, 0) is 10.0 Å². The number of nitrogens with one attached hydrogen (secondary N) is 1. The molecule has 3 aromatic rings. The summed E-state index contributed by atoms with van der Waals surface area (Å²) in [7, 11) is -3.58. The first-order chi connectivity index (χ1) is 10.1. The van der Waals surface area contributed by atoms with Gasteiger partial charge in [0, 0.05) is 5.39 Å². The summed E-state index contributed by atoms with van der Waals surface area (Å²) in [6, 6.07) is 20.0. The molecule has 1 N–H and O–H groups in total. The van der Waals surface area contributed by atoms with Crippen LogP contribution in [-0.4, -0.2) is 8.42 Å². The van der Waals surface area contributed by atoms with Gasteiger partial charge in [0.05, 0.1) is 10.6 Å². The second-order valence-corrected chi connectivity index (χ2v) is 6.58. The van der Waals surface area contributed by atoms with Gasteiger partial charge in [-0.15, -0.1) is 0 Å². The van der Waals surface area contributed by atoms with E-state index in [4.69, 9.17) is 0 Å². The van der Waals surface area contributed by atoms with Gasteiger partial charge < -0.3 is 0 Å². The molecule has 21 heavy (non-hydrogen) atoms. The van der Waals surface area contributed by atoms with Gasteiger partial charge in [-0.05, 0) is 30.0 Å². The van der Waals surface area contributed by atoms with E-state index in [1.165, 1.54) is 0 Å².